The minimum Gasteiger partial charge on any atom is -0.468 e. The van der Waals surface area contributed by atoms with Gasteiger partial charge in [-0.1, -0.05) is 36.4 Å². The van der Waals surface area contributed by atoms with Crippen LogP contribution in [0.2, 0.25) is 0 Å². The molecule has 0 aliphatic heterocycles. The molecule has 0 spiro atoms. The molecule has 3 aromatic rings. The zero-order valence-electron chi connectivity index (χ0n) is 16.8. The quantitative estimate of drug-likeness (QED) is 0.333. The predicted molar refractivity (Wildman–Crippen MR) is 114 cm³/mol. The van der Waals surface area contributed by atoms with Crippen molar-refractivity contribution in [1.82, 2.24) is 4.98 Å². The number of nitrogens with zero attached hydrogens (tertiary/aromatic N) is 1. The third kappa shape index (κ3) is 4.61. The fraction of sp³-hybridized carbons (Fsp3) is 0.250. The Morgan fingerprint density at radius 2 is 1.71 bits per heavy atom. The SMILES string of the molecule is COC(=O)C1(c2ccc(SCc3ccc(-c4ccc(C(F)(F)F)cn4)cc3)cc2)CC1. The molecule has 0 atom stereocenters. The normalized spacial score (nSPS) is 14.8. The Hall–Kier alpha value is -2.80. The van der Waals surface area contributed by atoms with Gasteiger partial charge >= 0.3 is 12.1 Å². The third-order valence-electron chi connectivity index (χ3n) is 5.48. The lowest BCUT2D eigenvalue weighted by Crippen LogP contribution is -2.21. The number of carbonyl (C=O) groups excluding carboxylic acids is 1. The molecule has 2 aromatic carbocycles. The van der Waals surface area contributed by atoms with Gasteiger partial charge in [-0.3, -0.25) is 9.78 Å². The molecule has 31 heavy (non-hydrogen) atoms. The van der Waals surface area contributed by atoms with Gasteiger partial charge in [-0.05, 0) is 48.2 Å². The second-order valence-electron chi connectivity index (χ2n) is 7.51. The molecule has 4 rings (SSSR count). The van der Waals surface area contributed by atoms with Crippen molar-refractivity contribution in [2.75, 3.05) is 7.11 Å². The summed E-state index contributed by atoms with van der Waals surface area (Å²) >= 11 is 1.68. The molecular formula is C24H20F3NO2S. The van der Waals surface area contributed by atoms with Crippen molar-refractivity contribution in [3.63, 3.8) is 0 Å². The van der Waals surface area contributed by atoms with E-state index in [1.807, 2.05) is 48.5 Å². The average molecular weight is 443 g/mol. The van der Waals surface area contributed by atoms with Crippen molar-refractivity contribution in [2.24, 2.45) is 0 Å². The number of alkyl halides is 3. The van der Waals surface area contributed by atoms with Gasteiger partial charge in [0.05, 0.1) is 23.8 Å². The molecule has 1 fully saturated rings. The number of rotatable bonds is 6. The Balaban J connectivity index is 1.37. The topological polar surface area (TPSA) is 39.2 Å². The minimum atomic E-state index is -4.39. The number of methoxy groups -OCH3 is 1. The number of ether oxygens (including phenoxy) is 1. The molecule has 1 aromatic heterocycles. The van der Waals surface area contributed by atoms with Crippen LogP contribution in [0.25, 0.3) is 11.3 Å². The molecule has 0 bridgehead atoms. The van der Waals surface area contributed by atoms with Crippen LogP contribution in [0, 0.1) is 0 Å². The summed E-state index contributed by atoms with van der Waals surface area (Å²) in [7, 11) is 1.42. The van der Waals surface area contributed by atoms with Crippen LogP contribution in [0.5, 0.6) is 0 Å². The Morgan fingerprint density at radius 3 is 2.23 bits per heavy atom. The maximum absolute atomic E-state index is 12.7. The fourth-order valence-electron chi connectivity index (χ4n) is 3.47. The standard InChI is InChI=1S/C24H20F3NO2S/c1-30-22(29)23(12-13-23)18-6-9-20(10-7-18)31-15-16-2-4-17(5-3-16)21-11-8-19(14-28-21)24(25,26)27/h2-11,14H,12-13,15H2,1H3. The molecule has 0 unspecified atom stereocenters. The van der Waals surface area contributed by atoms with Crippen molar-refractivity contribution >= 4 is 17.7 Å². The highest BCUT2D eigenvalue weighted by atomic mass is 32.2. The van der Waals surface area contributed by atoms with Crippen LogP contribution < -0.4 is 0 Å². The summed E-state index contributed by atoms with van der Waals surface area (Å²) in [6, 6.07) is 18.1. The largest absolute Gasteiger partial charge is 0.468 e. The summed E-state index contributed by atoms with van der Waals surface area (Å²) in [6.45, 7) is 0. The molecule has 0 N–H and O–H groups in total. The van der Waals surface area contributed by atoms with E-state index in [-0.39, 0.29) is 5.97 Å². The highest BCUT2D eigenvalue weighted by Gasteiger charge is 2.52. The van der Waals surface area contributed by atoms with Crippen LogP contribution in [0.3, 0.4) is 0 Å². The molecule has 1 heterocycles. The Labute approximate surface area is 182 Å². The molecule has 0 radical (unpaired) electrons. The monoisotopic (exact) mass is 443 g/mol. The number of esters is 1. The van der Waals surface area contributed by atoms with Crippen LogP contribution in [0.4, 0.5) is 13.2 Å². The summed E-state index contributed by atoms with van der Waals surface area (Å²) in [5.74, 6) is 0.581. The van der Waals surface area contributed by atoms with Gasteiger partial charge in [-0.25, -0.2) is 0 Å². The van der Waals surface area contributed by atoms with Crippen molar-refractivity contribution in [1.29, 1.82) is 0 Å². The van der Waals surface area contributed by atoms with Gasteiger partial charge in [0.1, 0.15) is 0 Å². The second-order valence-corrected chi connectivity index (χ2v) is 8.56. The van der Waals surface area contributed by atoms with E-state index in [0.717, 1.165) is 52.4 Å². The van der Waals surface area contributed by atoms with E-state index >= 15 is 0 Å². The zero-order valence-corrected chi connectivity index (χ0v) is 17.6. The molecule has 1 aliphatic carbocycles. The maximum Gasteiger partial charge on any atom is 0.417 e. The van der Waals surface area contributed by atoms with Crippen LogP contribution in [-0.2, 0) is 26.9 Å². The third-order valence-corrected chi connectivity index (χ3v) is 6.56. The number of benzene rings is 2. The van der Waals surface area contributed by atoms with Gasteiger partial charge in [0.2, 0.25) is 0 Å². The molecule has 0 saturated heterocycles. The molecule has 1 aliphatic rings. The Bertz CT molecular complexity index is 1060. The molecule has 7 heteroatoms. The number of hydrogen-bond acceptors (Lipinski definition) is 4. The summed E-state index contributed by atoms with van der Waals surface area (Å²) < 4.78 is 42.9. The second kappa shape index (κ2) is 8.38. The van der Waals surface area contributed by atoms with E-state index in [2.05, 4.69) is 4.98 Å². The van der Waals surface area contributed by atoms with E-state index in [1.54, 1.807) is 11.8 Å². The highest BCUT2D eigenvalue weighted by molar-refractivity contribution is 7.98. The lowest BCUT2D eigenvalue weighted by atomic mass is 9.96. The Morgan fingerprint density at radius 1 is 1.03 bits per heavy atom. The summed E-state index contributed by atoms with van der Waals surface area (Å²) in [5.41, 5.74) is 2.15. The minimum absolute atomic E-state index is 0.171. The van der Waals surface area contributed by atoms with Gasteiger partial charge in [0.15, 0.2) is 0 Å². The van der Waals surface area contributed by atoms with E-state index < -0.39 is 17.2 Å². The Kier molecular flexibility index (Phi) is 5.79. The van der Waals surface area contributed by atoms with Crippen LogP contribution in [-0.4, -0.2) is 18.1 Å². The molecule has 0 amide bonds. The molecule has 1 saturated carbocycles. The summed E-state index contributed by atoms with van der Waals surface area (Å²) in [6.07, 6.45) is -1.88. The van der Waals surface area contributed by atoms with Crippen molar-refractivity contribution in [3.05, 3.63) is 83.6 Å². The van der Waals surface area contributed by atoms with Gasteiger partial charge in [-0.2, -0.15) is 13.2 Å². The van der Waals surface area contributed by atoms with E-state index in [1.165, 1.54) is 13.2 Å². The molecule has 160 valence electrons. The maximum atomic E-state index is 12.7. The first kappa shape index (κ1) is 21.4. The first-order valence-electron chi connectivity index (χ1n) is 9.76. The fourth-order valence-corrected chi connectivity index (χ4v) is 4.33. The lowest BCUT2D eigenvalue weighted by molar-refractivity contribution is -0.143. The predicted octanol–water partition coefficient (Wildman–Crippen LogP) is 6.26. The zero-order chi connectivity index (χ0) is 22.1. The number of halogens is 3. The summed E-state index contributed by atoms with van der Waals surface area (Å²) in [5, 5.41) is 0. The van der Waals surface area contributed by atoms with E-state index in [4.69, 9.17) is 4.74 Å². The average Bonchev–Trinajstić information content (AvgIpc) is 3.59. The first-order valence-corrected chi connectivity index (χ1v) is 10.7. The smallest absolute Gasteiger partial charge is 0.417 e. The van der Waals surface area contributed by atoms with Crippen molar-refractivity contribution < 1.29 is 22.7 Å². The van der Waals surface area contributed by atoms with Crippen LogP contribution in [0.15, 0.2) is 71.8 Å². The number of carbonyl (C=O) groups is 1. The van der Waals surface area contributed by atoms with Gasteiger partial charge < -0.3 is 4.74 Å². The van der Waals surface area contributed by atoms with Crippen LogP contribution in [0.1, 0.15) is 29.5 Å². The van der Waals surface area contributed by atoms with Gasteiger partial charge in [-0.15, -0.1) is 11.8 Å². The number of thioether (sulfide) groups is 1. The number of pyridine rings is 1. The van der Waals surface area contributed by atoms with Gasteiger partial charge in [0.25, 0.3) is 0 Å². The van der Waals surface area contributed by atoms with Crippen molar-refractivity contribution in [3.8, 4) is 11.3 Å². The number of hydrogen-bond donors (Lipinski definition) is 0. The van der Waals surface area contributed by atoms with Gasteiger partial charge in [0, 0.05) is 22.4 Å². The molecule has 3 nitrogen and oxygen atoms in total. The first-order chi connectivity index (χ1) is 14.8. The van der Waals surface area contributed by atoms with Crippen LogP contribution >= 0.6 is 11.8 Å². The number of aromatic nitrogens is 1. The highest BCUT2D eigenvalue weighted by Crippen LogP contribution is 2.49. The molecular weight excluding hydrogens is 423 g/mol. The lowest BCUT2D eigenvalue weighted by Gasteiger charge is -2.13. The van der Waals surface area contributed by atoms with E-state index in [9.17, 15) is 18.0 Å². The summed E-state index contributed by atoms with van der Waals surface area (Å²) in [4.78, 5) is 17.0. The van der Waals surface area contributed by atoms with Crippen molar-refractivity contribution in [2.45, 2.75) is 35.1 Å². The van der Waals surface area contributed by atoms with E-state index in [0.29, 0.717) is 5.69 Å².